The number of fused-ring (bicyclic) bond motifs is 3. The summed E-state index contributed by atoms with van der Waals surface area (Å²) in [5.74, 6) is -0.382. The van der Waals surface area contributed by atoms with Crippen LogP contribution in [0.25, 0.3) is 22.2 Å². The number of hydrogen-bond acceptors (Lipinski definition) is 3. The lowest BCUT2D eigenvalue weighted by Crippen LogP contribution is -2.31. The molecule has 150 valence electrons. The van der Waals surface area contributed by atoms with Crippen molar-refractivity contribution in [2.75, 3.05) is 27.2 Å². The normalized spacial score (nSPS) is 13.5. The molecule has 0 bridgehead atoms. The minimum Gasteiger partial charge on any atom is -0.351 e. The van der Waals surface area contributed by atoms with Gasteiger partial charge in [0.1, 0.15) is 5.82 Å². The lowest BCUT2D eigenvalue weighted by Gasteiger charge is -2.19. The third kappa shape index (κ3) is 4.15. The molecule has 0 spiro atoms. The number of nitrogens with one attached hydrogen (secondary N) is 1. The quantitative estimate of drug-likeness (QED) is 0.709. The summed E-state index contributed by atoms with van der Waals surface area (Å²) in [7, 11) is 3.96. The minimum absolute atomic E-state index is 0.0987. The molecule has 0 atom stereocenters. The second-order valence-corrected chi connectivity index (χ2v) is 7.93. The van der Waals surface area contributed by atoms with Crippen molar-refractivity contribution in [1.82, 2.24) is 15.2 Å². The number of benzene rings is 2. The summed E-state index contributed by atoms with van der Waals surface area (Å²) in [5.41, 5.74) is 5.62. The summed E-state index contributed by atoms with van der Waals surface area (Å²) in [5, 5.41) is 3.91. The van der Waals surface area contributed by atoms with E-state index in [0.29, 0.717) is 17.8 Å². The number of aromatic nitrogens is 1. The summed E-state index contributed by atoms with van der Waals surface area (Å²) in [4.78, 5) is 20.0. The Balaban J connectivity index is 1.83. The number of amides is 1. The molecule has 29 heavy (non-hydrogen) atoms. The van der Waals surface area contributed by atoms with Crippen LogP contribution in [0, 0.1) is 5.82 Å². The van der Waals surface area contributed by atoms with Crippen LogP contribution in [0.4, 0.5) is 4.39 Å². The number of halogens is 1. The van der Waals surface area contributed by atoms with E-state index in [1.54, 1.807) is 12.1 Å². The zero-order valence-corrected chi connectivity index (χ0v) is 17.0. The average molecular weight is 391 g/mol. The fraction of sp³-hybridized carbons (Fsp3) is 0.333. The molecular weight excluding hydrogens is 365 g/mol. The second kappa shape index (κ2) is 8.29. The molecule has 4 rings (SSSR count). The highest BCUT2D eigenvalue weighted by Crippen LogP contribution is 2.32. The van der Waals surface area contributed by atoms with Gasteiger partial charge in [0.25, 0.3) is 5.91 Å². The van der Waals surface area contributed by atoms with Crippen LogP contribution in [0.1, 0.15) is 34.3 Å². The molecule has 1 N–H and O–H groups in total. The summed E-state index contributed by atoms with van der Waals surface area (Å²) in [6, 6.07) is 12.3. The van der Waals surface area contributed by atoms with E-state index in [-0.39, 0.29) is 11.7 Å². The Bertz CT molecular complexity index is 1040. The van der Waals surface area contributed by atoms with Gasteiger partial charge in [-0.25, -0.2) is 9.37 Å². The van der Waals surface area contributed by atoms with Crippen molar-refractivity contribution in [1.29, 1.82) is 0 Å². The molecule has 0 unspecified atom stereocenters. The molecule has 0 aliphatic heterocycles. The molecule has 1 aromatic heterocycles. The smallest absolute Gasteiger partial charge is 0.252 e. The Kier molecular flexibility index (Phi) is 5.58. The van der Waals surface area contributed by atoms with Crippen molar-refractivity contribution in [3.63, 3.8) is 0 Å². The standard InChI is InChI=1S/C24H26FN3O/c1-28(2)14-13-26-24(29)21-15-22(17-7-10-18(25)11-8-17)27-23-19-6-4-3-5-16(19)9-12-20(21)23/h7-12,15H,3-6,13-14H2,1-2H3,(H,26,29). The third-order valence-corrected chi connectivity index (χ3v) is 5.54. The Morgan fingerprint density at radius 3 is 2.62 bits per heavy atom. The molecule has 1 aliphatic carbocycles. The van der Waals surface area contributed by atoms with Crippen molar-refractivity contribution in [3.05, 3.63) is 65.0 Å². The van der Waals surface area contributed by atoms with Gasteiger partial charge in [-0.15, -0.1) is 0 Å². The maximum Gasteiger partial charge on any atom is 0.252 e. The Labute approximate surface area is 170 Å². The summed E-state index contributed by atoms with van der Waals surface area (Å²) < 4.78 is 13.4. The van der Waals surface area contributed by atoms with Crippen LogP contribution in [0.2, 0.25) is 0 Å². The van der Waals surface area contributed by atoms with E-state index < -0.39 is 0 Å². The predicted octanol–water partition coefficient (Wildman–Crippen LogP) is 4.21. The maximum absolute atomic E-state index is 13.4. The molecule has 1 heterocycles. The predicted molar refractivity (Wildman–Crippen MR) is 115 cm³/mol. The molecule has 1 aliphatic rings. The zero-order chi connectivity index (χ0) is 20.4. The number of rotatable bonds is 5. The van der Waals surface area contributed by atoms with Crippen molar-refractivity contribution in [3.8, 4) is 11.3 Å². The molecule has 0 fully saturated rings. The maximum atomic E-state index is 13.4. The van der Waals surface area contributed by atoms with E-state index in [0.717, 1.165) is 42.3 Å². The number of aryl methyl sites for hydroxylation is 2. The number of carbonyl (C=O) groups excluding carboxylic acids is 1. The fourth-order valence-corrected chi connectivity index (χ4v) is 3.97. The Morgan fingerprint density at radius 1 is 1.10 bits per heavy atom. The largest absolute Gasteiger partial charge is 0.351 e. The van der Waals surface area contributed by atoms with Gasteiger partial charge in [-0.3, -0.25) is 4.79 Å². The first-order chi connectivity index (χ1) is 14.0. The lowest BCUT2D eigenvalue weighted by molar-refractivity contribution is 0.0952. The van der Waals surface area contributed by atoms with E-state index in [2.05, 4.69) is 11.4 Å². The van der Waals surface area contributed by atoms with Gasteiger partial charge in [-0.2, -0.15) is 0 Å². The van der Waals surface area contributed by atoms with Crippen LogP contribution in [-0.4, -0.2) is 43.0 Å². The number of pyridine rings is 1. The number of hydrogen-bond donors (Lipinski definition) is 1. The number of carbonyl (C=O) groups is 1. The third-order valence-electron chi connectivity index (χ3n) is 5.54. The molecular formula is C24H26FN3O. The molecule has 5 heteroatoms. The molecule has 3 aromatic rings. The fourth-order valence-electron chi connectivity index (χ4n) is 3.97. The molecule has 4 nitrogen and oxygen atoms in total. The van der Waals surface area contributed by atoms with Gasteiger partial charge < -0.3 is 10.2 Å². The van der Waals surface area contributed by atoms with Gasteiger partial charge in [0.15, 0.2) is 0 Å². The van der Waals surface area contributed by atoms with E-state index in [9.17, 15) is 9.18 Å². The summed E-state index contributed by atoms with van der Waals surface area (Å²) in [6.45, 7) is 1.35. The summed E-state index contributed by atoms with van der Waals surface area (Å²) >= 11 is 0. The van der Waals surface area contributed by atoms with Crippen LogP contribution in [0.5, 0.6) is 0 Å². The molecule has 0 saturated carbocycles. The van der Waals surface area contributed by atoms with Gasteiger partial charge in [-0.05, 0) is 81.2 Å². The average Bonchev–Trinajstić information content (AvgIpc) is 2.73. The Morgan fingerprint density at radius 2 is 1.86 bits per heavy atom. The minimum atomic E-state index is -0.284. The van der Waals surface area contributed by atoms with Crippen molar-refractivity contribution >= 4 is 16.8 Å². The summed E-state index contributed by atoms with van der Waals surface area (Å²) in [6.07, 6.45) is 4.36. The lowest BCUT2D eigenvalue weighted by atomic mass is 9.88. The van der Waals surface area contributed by atoms with Gasteiger partial charge in [0.05, 0.1) is 16.8 Å². The highest BCUT2D eigenvalue weighted by Gasteiger charge is 2.19. The molecule has 0 radical (unpaired) electrons. The highest BCUT2D eigenvalue weighted by molar-refractivity contribution is 6.08. The number of likely N-dealkylation sites (N-methyl/N-ethyl adjacent to an activating group) is 1. The van der Waals surface area contributed by atoms with Crippen LogP contribution in [0.3, 0.4) is 0 Å². The first-order valence-electron chi connectivity index (χ1n) is 10.2. The second-order valence-electron chi connectivity index (χ2n) is 7.93. The molecule has 1 amide bonds. The van der Waals surface area contributed by atoms with Crippen LogP contribution >= 0.6 is 0 Å². The van der Waals surface area contributed by atoms with Gasteiger partial charge in [0, 0.05) is 24.0 Å². The molecule has 2 aromatic carbocycles. The van der Waals surface area contributed by atoms with E-state index in [4.69, 9.17) is 4.98 Å². The van der Waals surface area contributed by atoms with Gasteiger partial charge in [-0.1, -0.05) is 12.1 Å². The van der Waals surface area contributed by atoms with Crippen LogP contribution < -0.4 is 5.32 Å². The SMILES string of the molecule is CN(C)CCNC(=O)c1cc(-c2ccc(F)cc2)nc2c3c(ccc12)CCCC3. The van der Waals surface area contributed by atoms with E-state index in [1.807, 2.05) is 31.1 Å². The van der Waals surface area contributed by atoms with Crippen LogP contribution in [0.15, 0.2) is 42.5 Å². The molecule has 0 saturated heterocycles. The van der Waals surface area contributed by atoms with Crippen LogP contribution in [-0.2, 0) is 12.8 Å². The van der Waals surface area contributed by atoms with E-state index >= 15 is 0 Å². The van der Waals surface area contributed by atoms with Gasteiger partial charge >= 0.3 is 0 Å². The number of nitrogens with zero attached hydrogens (tertiary/aromatic N) is 2. The first kappa shape index (κ1) is 19.5. The van der Waals surface area contributed by atoms with Crippen molar-refractivity contribution in [2.24, 2.45) is 0 Å². The van der Waals surface area contributed by atoms with Crippen molar-refractivity contribution < 1.29 is 9.18 Å². The highest BCUT2D eigenvalue weighted by atomic mass is 19.1. The van der Waals surface area contributed by atoms with Gasteiger partial charge in [0.2, 0.25) is 0 Å². The topological polar surface area (TPSA) is 45.2 Å². The monoisotopic (exact) mass is 391 g/mol. The van der Waals surface area contributed by atoms with Crippen molar-refractivity contribution in [2.45, 2.75) is 25.7 Å². The first-order valence-corrected chi connectivity index (χ1v) is 10.2. The Hall–Kier alpha value is -2.79. The zero-order valence-electron chi connectivity index (χ0n) is 17.0. The van der Waals surface area contributed by atoms with E-state index in [1.165, 1.54) is 29.7 Å².